The van der Waals surface area contributed by atoms with Crippen LogP contribution in [0.15, 0.2) is 47.4 Å². The Hall–Kier alpha value is -1.63. The van der Waals surface area contributed by atoms with E-state index in [4.69, 9.17) is 34.3 Å². The Morgan fingerprint density at radius 1 is 1.24 bits per heavy atom. The first-order chi connectivity index (χ1) is 9.77. The predicted octanol–water partition coefficient (Wildman–Crippen LogP) is 3.17. The van der Waals surface area contributed by atoms with E-state index < -0.39 is 9.84 Å². The van der Waals surface area contributed by atoms with E-state index >= 15 is 0 Å². The van der Waals surface area contributed by atoms with Crippen molar-refractivity contribution in [1.29, 1.82) is 0 Å². The zero-order chi connectivity index (χ0) is 15.6. The molecule has 0 bridgehead atoms. The van der Waals surface area contributed by atoms with Crippen LogP contribution in [-0.4, -0.2) is 19.7 Å². The molecule has 7 heteroatoms. The standard InChI is InChI=1S/C14H12ClNO3S2/c1-21(17,18)11-4-2-3-10(8-11)19-13-6-5-9(15)7-12(13)14(16)20/h2-8H,1H3,(H2,16,20). The van der Waals surface area contributed by atoms with Gasteiger partial charge in [0.05, 0.1) is 10.5 Å². The number of sulfone groups is 1. The highest BCUT2D eigenvalue weighted by molar-refractivity contribution is 7.90. The Balaban J connectivity index is 2.41. The molecule has 4 nitrogen and oxygen atoms in total. The second-order valence-electron chi connectivity index (χ2n) is 4.35. The van der Waals surface area contributed by atoms with E-state index in [2.05, 4.69) is 0 Å². The number of ether oxygens (including phenoxy) is 1. The Labute approximate surface area is 133 Å². The molecule has 2 rings (SSSR count). The molecule has 0 aromatic heterocycles. The van der Waals surface area contributed by atoms with Crippen LogP contribution in [0.4, 0.5) is 0 Å². The van der Waals surface area contributed by atoms with Crippen LogP contribution >= 0.6 is 23.8 Å². The fourth-order valence-corrected chi connectivity index (χ4v) is 2.67. The van der Waals surface area contributed by atoms with Crippen LogP contribution in [-0.2, 0) is 9.84 Å². The second-order valence-corrected chi connectivity index (χ2v) is 7.25. The summed E-state index contributed by atoms with van der Waals surface area (Å²) >= 11 is 10.9. The highest BCUT2D eigenvalue weighted by atomic mass is 35.5. The molecule has 0 fully saturated rings. The first kappa shape index (κ1) is 15.8. The van der Waals surface area contributed by atoms with Gasteiger partial charge < -0.3 is 10.5 Å². The Morgan fingerprint density at radius 2 is 1.95 bits per heavy atom. The van der Waals surface area contributed by atoms with Gasteiger partial charge in [0.15, 0.2) is 9.84 Å². The molecule has 0 spiro atoms. The molecule has 0 saturated heterocycles. The van der Waals surface area contributed by atoms with Crippen LogP contribution in [0.5, 0.6) is 11.5 Å². The molecule has 0 radical (unpaired) electrons. The van der Waals surface area contributed by atoms with Gasteiger partial charge in [-0.1, -0.05) is 29.9 Å². The summed E-state index contributed by atoms with van der Waals surface area (Å²) in [6, 6.07) is 11.0. The number of halogens is 1. The molecule has 2 aromatic rings. The minimum Gasteiger partial charge on any atom is -0.457 e. The van der Waals surface area contributed by atoms with Gasteiger partial charge in [-0.05, 0) is 36.4 Å². The van der Waals surface area contributed by atoms with Crippen molar-refractivity contribution in [2.24, 2.45) is 5.73 Å². The number of hydrogen-bond donors (Lipinski definition) is 1. The topological polar surface area (TPSA) is 69.4 Å². The molecule has 21 heavy (non-hydrogen) atoms. The number of nitrogens with two attached hydrogens (primary N) is 1. The summed E-state index contributed by atoms with van der Waals surface area (Å²) in [7, 11) is -3.30. The lowest BCUT2D eigenvalue weighted by molar-refractivity contribution is 0.480. The van der Waals surface area contributed by atoms with E-state index in [1.165, 1.54) is 12.1 Å². The average molecular weight is 342 g/mol. The molecular weight excluding hydrogens is 330 g/mol. The molecule has 110 valence electrons. The zero-order valence-electron chi connectivity index (χ0n) is 11.0. The second kappa shape index (κ2) is 6.01. The van der Waals surface area contributed by atoms with Gasteiger partial charge in [0, 0.05) is 11.3 Å². The SMILES string of the molecule is CS(=O)(=O)c1cccc(Oc2ccc(Cl)cc2C(N)=S)c1. The number of thiocarbonyl (C=S) groups is 1. The predicted molar refractivity (Wildman–Crippen MR) is 87.0 cm³/mol. The van der Waals surface area contributed by atoms with Gasteiger partial charge in [-0.15, -0.1) is 0 Å². The third-order valence-electron chi connectivity index (χ3n) is 2.67. The third kappa shape index (κ3) is 3.93. The van der Waals surface area contributed by atoms with Crippen LogP contribution in [0.2, 0.25) is 5.02 Å². The van der Waals surface area contributed by atoms with E-state index in [0.717, 1.165) is 6.26 Å². The largest absolute Gasteiger partial charge is 0.457 e. The van der Waals surface area contributed by atoms with E-state index in [1.807, 2.05) is 0 Å². The molecule has 2 N–H and O–H groups in total. The summed E-state index contributed by atoms with van der Waals surface area (Å²) < 4.78 is 28.8. The van der Waals surface area contributed by atoms with Crippen molar-refractivity contribution in [1.82, 2.24) is 0 Å². The first-order valence-corrected chi connectivity index (χ1v) is 8.52. The highest BCUT2D eigenvalue weighted by Crippen LogP contribution is 2.29. The highest BCUT2D eigenvalue weighted by Gasteiger charge is 2.11. The summed E-state index contributed by atoms with van der Waals surface area (Å²) in [4.78, 5) is 0.317. The first-order valence-electron chi connectivity index (χ1n) is 5.85. The molecule has 2 aromatic carbocycles. The summed E-state index contributed by atoms with van der Waals surface area (Å²) in [6.07, 6.45) is 1.13. The van der Waals surface area contributed by atoms with Crippen LogP contribution < -0.4 is 10.5 Å². The van der Waals surface area contributed by atoms with E-state index in [0.29, 0.717) is 22.1 Å². The minimum absolute atomic E-state index is 0.145. The maximum absolute atomic E-state index is 11.5. The molecule has 0 atom stereocenters. The van der Waals surface area contributed by atoms with E-state index in [1.54, 1.807) is 30.3 Å². The summed E-state index contributed by atoms with van der Waals surface area (Å²) in [5.74, 6) is 0.787. The van der Waals surface area contributed by atoms with Gasteiger partial charge in [0.25, 0.3) is 0 Å². The van der Waals surface area contributed by atoms with Crippen LogP contribution in [0.25, 0.3) is 0 Å². The van der Waals surface area contributed by atoms with Gasteiger partial charge in [0.2, 0.25) is 0 Å². The molecule has 0 aliphatic carbocycles. The maximum Gasteiger partial charge on any atom is 0.175 e. The van der Waals surface area contributed by atoms with Crippen molar-refractivity contribution < 1.29 is 13.2 Å². The lowest BCUT2D eigenvalue weighted by atomic mass is 10.2. The van der Waals surface area contributed by atoms with Crippen molar-refractivity contribution in [3.05, 3.63) is 53.1 Å². The smallest absolute Gasteiger partial charge is 0.175 e. The minimum atomic E-state index is -3.30. The quantitative estimate of drug-likeness (QED) is 0.865. The van der Waals surface area contributed by atoms with Gasteiger partial charge in [-0.2, -0.15) is 0 Å². The van der Waals surface area contributed by atoms with Crippen molar-refractivity contribution in [2.75, 3.05) is 6.26 Å². The molecule has 0 aliphatic heterocycles. The summed E-state index contributed by atoms with van der Waals surface area (Å²) in [5.41, 5.74) is 6.12. The molecule has 0 amide bonds. The van der Waals surface area contributed by atoms with Gasteiger partial charge >= 0.3 is 0 Å². The van der Waals surface area contributed by atoms with Gasteiger partial charge in [-0.3, -0.25) is 0 Å². The molecule has 0 saturated carbocycles. The average Bonchev–Trinajstić information content (AvgIpc) is 2.40. The number of hydrogen-bond acceptors (Lipinski definition) is 4. The number of benzene rings is 2. The lowest BCUT2D eigenvalue weighted by Gasteiger charge is -2.11. The van der Waals surface area contributed by atoms with Crippen LogP contribution in [0.3, 0.4) is 0 Å². The summed E-state index contributed by atoms with van der Waals surface area (Å²) in [5, 5.41) is 0.482. The van der Waals surface area contributed by atoms with Gasteiger partial charge in [-0.25, -0.2) is 8.42 Å². The van der Waals surface area contributed by atoms with Crippen molar-refractivity contribution in [3.63, 3.8) is 0 Å². The Kier molecular flexibility index (Phi) is 4.51. The molecule has 0 aliphatic rings. The zero-order valence-corrected chi connectivity index (χ0v) is 13.4. The molecule has 0 heterocycles. The fourth-order valence-electron chi connectivity index (χ4n) is 1.68. The van der Waals surface area contributed by atoms with Crippen LogP contribution in [0.1, 0.15) is 5.56 Å². The van der Waals surface area contributed by atoms with E-state index in [9.17, 15) is 8.42 Å². The van der Waals surface area contributed by atoms with Crippen molar-refractivity contribution in [3.8, 4) is 11.5 Å². The monoisotopic (exact) mass is 341 g/mol. The molecular formula is C14H12ClNO3S2. The third-order valence-corrected chi connectivity index (χ3v) is 4.23. The van der Waals surface area contributed by atoms with Crippen LogP contribution in [0, 0.1) is 0 Å². The molecule has 0 unspecified atom stereocenters. The maximum atomic E-state index is 11.5. The van der Waals surface area contributed by atoms with Crippen molar-refractivity contribution >= 4 is 38.6 Å². The van der Waals surface area contributed by atoms with Crippen molar-refractivity contribution in [2.45, 2.75) is 4.90 Å². The van der Waals surface area contributed by atoms with E-state index in [-0.39, 0.29) is 9.88 Å². The lowest BCUT2D eigenvalue weighted by Crippen LogP contribution is -2.10. The Morgan fingerprint density at radius 3 is 2.57 bits per heavy atom. The number of rotatable bonds is 4. The summed E-state index contributed by atoms with van der Waals surface area (Å²) in [6.45, 7) is 0. The van der Waals surface area contributed by atoms with Gasteiger partial charge in [0.1, 0.15) is 16.5 Å². The fraction of sp³-hybridized carbons (Fsp3) is 0.0714. The Bertz CT molecular complexity index is 804. The normalized spacial score (nSPS) is 11.1.